The molecule has 0 heterocycles. The lowest BCUT2D eigenvalue weighted by Crippen LogP contribution is -2.51. The molecule has 3 fully saturated rings. The van der Waals surface area contributed by atoms with Crippen molar-refractivity contribution in [1.82, 2.24) is 0 Å². The Kier molecular flexibility index (Phi) is 9.12. The Labute approximate surface area is 251 Å². The Hall–Kier alpha value is -2.03. The van der Waals surface area contributed by atoms with Crippen molar-refractivity contribution in [2.24, 2.45) is 46.3 Å². The highest BCUT2D eigenvalue weighted by atomic mass is 16.5. The first-order valence-corrected chi connectivity index (χ1v) is 16.9. The van der Waals surface area contributed by atoms with Crippen LogP contribution in [0.25, 0.3) is 6.08 Å². The molecule has 0 radical (unpaired) electrons. The number of nitrogens with zero attached hydrogens (tertiary/aromatic N) is 1. The van der Waals surface area contributed by atoms with Crippen LogP contribution in [0.1, 0.15) is 111 Å². The van der Waals surface area contributed by atoms with E-state index < -0.39 is 0 Å². The van der Waals surface area contributed by atoms with Crippen LogP contribution in [-0.2, 0) is 9.53 Å². The van der Waals surface area contributed by atoms with Crippen molar-refractivity contribution in [2.45, 2.75) is 111 Å². The van der Waals surface area contributed by atoms with Crippen molar-refractivity contribution in [3.05, 3.63) is 47.6 Å². The predicted octanol–water partition coefficient (Wildman–Crippen LogP) is 9.72. The van der Waals surface area contributed by atoms with E-state index in [1.807, 2.05) is 32.3 Å². The van der Waals surface area contributed by atoms with Crippen molar-refractivity contribution < 1.29 is 9.53 Å². The van der Waals surface area contributed by atoms with Crippen LogP contribution in [0.3, 0.4) is 0 Å². The molecule has 0 amide bonds. The number of ether oxygens (including phenoxy) is 1. The average molecular weight is 560 g/mol. The zero-order valence-corrected chi connectivity index (χ0v) is 27.1. The summed E-state index contributed by atoms with van der Waals surface area (Å²) in [5.41, 5.74) is 4.59. The van der Waals surface area contributed by atoms with Gasteiger partial charge in [-0.3, -0.25) is 0 Å². The normalized spacial score (nSPS) is 35.4. The summed E-state index contributed by atoms with van der Waals surface area (Å²) in [5.74, 6) is 4.93. The van der Waals surface area contributed by atoms with Crippen LogP contribution in [0.5, 0.6) is 0 Å². The van der Waals surface area contributed by atoms with E-state index in [1.165, 1.54) is 51.4 Å². The lowest BCUT2D eigenvalue weighted by Gasteiger charge is -2.58. The number of hydrogen-bond donors (Lipinski definition) is 0. The van der Waals surface area contributed by atoms with Crippen LogP contribution < -0.4 is 4.90 Å². The van der Waals surface area contributed by atoms with E-state index in [-0.39, 0.29) is 17.5 Å². The molecule has 1 aromatic rings. The maximum atomic E-state index is 12.7. The lowest BCUT2D eigenvalue weighted by atomic mass is 9.47. The first-order valence-electron chi connectivity index (χ1n) is 16.9. The maximum Gasteiger partial charge on any atom is 0.331 e. The molecule has 8 atom stereocenters. The van der Waals surface area contributed by atoms with E-state index in [0.717, 1.165) is 66.0 Å². The van der Waals surface area contributed by atoms with Crippen molar-refractivity contribution in [2.75, 3.05) is 19.0 Å². The summed E-state index contributed by atoms with van der Waals surface area (Å²) in [6, 6.07) is 8.24. The summed E-state index contributed by atoms with van der Waals surface area (Å²) in [6.07, 6.45) is 20.3. The Morgan fingerprint density at radius 1 is 1.00 bits per heavy atom. The molecule has 3 nitrogen and oxygen atoms in total. The topological polar surface area (TPSA) is 29.5 Å². The first kappa shape index (κ1) is 30.4. The van der Waals surface area contributed by atoms with Gasteiger partial charge >= 0.3 is 5.97 Å². The number of allylic oxidation sites excluding steroid dienone is 1. The smallest absolute Gasteiger partial charge is 0.331 e. The van der Waals surface area contributed by atoms with Gasteiger partial charge in [0.2, 0.25) is 0 Å². The third kappa shape index (κ3) is 6.21. The molecule has 3 heteroatoms. The van der Waals surface area contributed by atoms with Gasteiger partial charge in [-0.1, -0.05) is 77.7 Å². The molecule has 0 saturated heterocycles. The Bertz CT molecular complexity index is 1120. The molecule has 4 aliphatic carbocycles. The van der Waals surface area contributed by atoms with Crippen LogP contribution in [0.4, 0.5) is 5.69 Å². The van der Waals surface area contributed by atoms with Crippen LogP contribution in [0, 0.1) is 46.3 Å². The molecule has 226 valence electrons. The van der Waals surface area contributed by atoms with Crippen LogP contribution in [0.15, 0.2) is 42.0 Å². The molecular formula is C38H57NO2. The number of benzene rings is 1. The number of rotatable bonds is 9. The fraction of sp³-hybridized carbons (Fsp3) is 0.711. The van der Waals surface area contributed by atoms with Crippen molar-refractivity contribution >= 4 is 17.7 Å². The summed E-state index contributed by atoms with van der Waals surface area (Å²) in [4.78, 5) is 14.8. The van der Waals surface area contributed by atoms with Gasteiger partial charge in [0, 0.05) is 32.3 Å². The number of carbonyl (C=O) groups is 1. The van der Waals surface area contributed by atoms with E-state index in [2.05, 4.69) is 57.7 Å². The zero-order chi connectivity index (χ0) is 29.4. The van der Waals surface area contributed by atoms with E-state index in [9.17, 15) is 4.79 Å². The molecular weight excluding hydrogens is 502 g/mol. The van der Waals surface area contributed by atoms with E-state index in [1.54, 1.807) is 11.6 Å². The monoisotopic (exact) mass is 559 g/mol. The highest BCUT2D eigenvalue weighted by Gasteiger charge is 2.59. The van der Waals surface area contributed by atoms with Crippen molar-refractivity contribution in [1.29, 1.82) is 0 Å². The van der Waals surface area contributed by atoms with Gasteiger partial charge in [0.15, 0.2) is 0 Å². The van der Waals surface area contributed by atoms with Gasteiger partial charge in [-0.2, -0.15) is 0 Å². The predicted molar refractivity (Wildman–Crippen MR) is 173 cm³/mol. The summed E-state index contributed by atoms with van der Waals surface area (Å²) in [5, 5.41) is 0. The Balaban J connectivity index is 1.19. The maximum absolute atomic E-state index is 12.7. The van der Waals surface area contributed by atoms with Crippen molar-refractivity contribution in [3.8, 4) is 0 Å². The van der Waals surface area contributed by atoms with Gasteiger partial charge in [0.1, 0.15) is 6.10 Å². The van der Waals surface area contributed by atoms with Gasteiger partial charge in [0.05, 0.1) is 0 Å². The minimum absolute atomic E-state index is 0.00977. The molecule has 5 rings (SSSR count). The number of carbonyl (C=O) groups excluding carboxylic acids is 1. The number of anilines is 1. The summed E-state index contributed by atoms with van der Waals surface area (Å²) >= 11 is 0. The number of fused-ring (bicyclic) bond motifs is 5. The minimum Gasteiger partial charge on any atom is -0.459 e. The second-order valence-corrected chi connectivity index (χ2v) is 15.4. The van der Waals surface area contributed by atoms with Crippen molar-refractivity contribution in [3.63, 3.8) is 0 Å². The lowest BCUT2D eigenvalue weighted by molar-refractivity contribution is -0.145. The standard InChI is InChI=1S/C38H57NO2/c1-26(2)9-8-10-27(3)33-18-19-34-32-17-14-29-25-31(21-23-37(29,4)35(32)22-24-38(33,34)5)41-36(40)20-13-28-11-15-30(16-12-28)39(6)7/h11-16,20,26-27,31-35H,8-10,17-19,21-25H2,1-7H3/b20-13+/t27-,31-,32+,33-,34+,35+,37-,38-/m0/s1. The molecule has 41 heavy (non-hydrogen) atoms. The average Bonchev–Trinajstić information content (AvgIpc) is 3.29. The summed E-state index contributed by atoms with van der Waals surface area (Å²) in [7, 11) is 4.07. The SMILES string of the molecule is CC(C)CCC[C@H](C)[C@@H]1CC[C@@H]2[C@H]3CC=C4C[C@@H](OC(=O)/C=C/c5ccc(N(C)C)cc5)CC[C@]4(C)[C@@H]3CC[C@]21C. The van der Waals surface area contributed by atoms with Gasteiger partial charge in [0.25, 0.3) is 0 Å². The third-order valence-electron chi connectivity index (χ3n) is 12.4. The second-order valence-electron chi connectivity index (χ2n) is 15.4. The minimum atomic E-state index is -0.211. The fourth-order valence-corrected chi connectivity index (χ4v) is 10.0. The van der Waals surface area contributed by atoms with E-state index >= 15 is 0 Å². The zero-order valence-electron chi connectivity index (χ0n) is 27.1. The quantitative estimate of drug-likeness (QED) is 0.171. The van der Waals surface area contributed by atoms with Gasteiger partial charge in [-0.05, 0) is 115 Å². The van der Waals surface area contributed by atoms with Crippen LogP contribution in [0.2, 0.25) is 0 Å². The van der Waals surface area contributed by atoms with Crippen LogP contribution in [-0.4, -0.2) is 26.2 Å². The summed E-state index contributed by atoms with van der Waals surface area (Å²) in [6.45, 7) is 12.6. The fourth-order valence-electron chi connectivity index (χ4n) is 10.0. The molecule has 0 unspecified atom stereocenters. The molecule has 0 N–H and O–H groups in total. The number of hydrogen-bond acceptors (Lipinski definition) is 3. The third-order valence-corrected chi connectivity index (χ3v) is 12.4. The first-order chi connectivity index (χ1) is 19.5. The molecule has 1 aromatic carbocycles. The van der Waals surface area contributed by atoms with E-state index in [0.29, 0.717) is 5.41 Å². The van der Waals surface area contributed by atoms with Gasteiger partial charge in [-0.15, -0.1) is 0 Å². The largest absolute Gasteiger partial charge is 0.459 e. The Morgan fingerprint density at radius 3 is 2.46 bits per heavy atom. The highest BCUT2D eigenvalue weighted by Crippen LogP contribution is 2.67. The molecule has 3 saturated carbocycles. The molecule has 0 bridgehead atoms. The molecule has 0 aromatic heterocycles. The van der Waals surface area contributed by atoms with Crippen LogP contribution >= 0.6 is 0 Å². The molecule has 4 aliphatic rings. The van der Waals surface area contributed by atoms with Gasteiger partial charge < -0.3 is 9.64 Å². The molecule has 0 spiro atoms. The van der Waals surface area contributed by atoms with E-state index in [4.69, 9.17) is 4.74 Å². The van der Waals surface area contributed by atoms with Gasteiger partial charge in [-0.25, -0.2) is 4.79 Å². The highest BCUT2D eigenvalue weighted by molar-refractivity contribution is 5.87. The Morgan fingerprint density at radius 2 is 1.76 bits per heavy atom. The summed E-state index contributed by atoms with van der Waals surface area (Å²) < 4.78 is 6.00. The number of esters is 1. The second kappa shape index (κ2) is 12.3. The molecule has 0 aliphatic heterocycles.